The van der Waals surface area contributed by atoms with Crippen molar-refractivity contribution in [2.75, 3.05) is 5.34 Å². The summed E-state index contributed by atoms with van der Waals surface area (Å²) in [4.78, 5) is 25.4. The van der Waals surface area contributed by atoms with Crippen molar-refractivity contribution >= 4 is 51.4 Å². The third-order valence-electron chi connectivity index (χ3n) is 17.1. The Morgan fingerprint density at radius 3 is 1.23 bits per heavy atom. The van der Waals surface area contributed by atoms with E-state index in [1.807, 2.05) is 34.6 Å². The Morgan fingerprint density at radius 1 is 0.558 bits per heavy atom. The maximum absolute atomic E-state index is 14.2. The van der Waals surface area contributed by atoms with Crippen LogP contribution >= 0.6 is 23.2 Å². The van der Waals surface area contributed by atoms with Crippen molar-refractivity contribution in [1.29, 1.82) is 0 Å². The molecule has 2 unspecified atom stereocenters. The van der Waals surface area contributed by atoms with E-state index < -0.39 is 74.6 Å². The molecule has 4 rings (SSSR count). The molecule has 4 fully saturated rings. The van der Waals surface area contributed by atoms with Crippen LogP contribution in [0, 0.1) is 45.3 Å². The SMILES string of the molecule is CC(C)(CCC[C@](C)(C/C=C/C(O[Si](C)(C)C)(C(F)(F)F)C(F)(F)F)[C@H]1CCC2C(=O)CCC[C@@]21C)O[Si](C)(C)C.CC(C)(O)CCC[C@](C)(C/C=C/C(O)(C(F)(F)F)C(F)(F)F)[C@H]1CCC2C(=O)CCC[C@@]21C.ClCCl. The highest BCUT2D eigenvalue weighted by atomic mass is 35.5. The van der Waals surface area contributed by atoms with Crippen LogP contribution in [-0.4, -0.2) is 90.9 Å². The number of rotatable bonds is 20. The van der Waals surface area contributed by atoms with Gasteiger partial charge in [-0.1, -0.05) is 52.7 Å². The number of halogens is 14. The topological polar surface area (TPSA) is 93.1 Å². The van der Waals surface area contributed by atoms with E-state index in [2.05, 4.69) is 26.6 Å². The van der Waals surface area contributed by atoms with E-state index in [0.717, 1.165) is 57.1 Å². The summed E-state index contributed by atoms with van der Waals surface area (Å²) in [6.45, 7) is 25.6. The number of aliphatic hydroxyl groups is 2. The Morgan fingerprint density at radius 2 is 0.909 bits per heavy atom. The quantitative estimate of drug-likeness (QED) is 0.0546. The Balaban J connectivity index is 0.000000511. The molecule has 0 aromatic carbocycles. The fourth-order valence-corrected chi connectivity index (χ4v) is 17.1. The van der Waals surface area contributed by atoms with Crippen molar-refractivity contribution in [3.8, 4) is 0 Å². The van der Waals surface area contributed by atoms with Gasteiger partial charge in [-0.25, -0.2) is 0 Å². The summed E-state index contributed by atoms with van der Waals surface area (Å²) in [5, 5.41) is 19.8. The van der Waals surface area contributed by atoms with Gasteiger partial charge in [-0.15, -0.1) is 23.2 Å². The first kappa shape index (κ1) is 71.9. The molecule has 0 aromatic rings. The lowest BCUT2D eigenvalue weighted by atomic mass is 9.56. The molecule has 4 aliphatic carbocycles. The monoisotopic (exact) mass is 1200 g/mol. The lowest BCUT2D eigenvalue weighted by Gasteiger charge is -2.48. The molecule has 0 spiro atoms. The second-order valence-corrected chi connectivity index (χ2v) is 36.5. The summed E-state index contributed by atoms with van der Waals surface area (Å²) in [7, 11) is -5.10. The number of hydrogen-bond acceptors (Lipinski definition) is 6. The summed E-state index contributed by atoms with van der Waals surface area (Å²) in [6.07, 6.45) is -10.9. The second kappa shape index (κ2) is 25.8. The first-order valence-electron chi connectivity index (χ1n) is 27.0. The molecular weight excluding hydrogens is 1110 g/mol. The minimum Gasteiger partial charge on any atom is -0.413 e. The van der Waals surface area contributed by atoms with Crippen LogP contribution in [0.1, 0.15) is 171 Å². The second-order valence-electron chi connectivity index (χ2n) is 26.8. The van der Waals surface area contributed by atoms with Crippen LogP contribution in [0.25, 0.3) is 0 Å². The van der Waals surface area contributed by atoms with Gasteiger partial charge in [0.1, 0.15) is 11.6 Å². The highest BCUT2D eigenvalue weighted by Crippen LogP contribution is 2.64. The van der Waals surface area contributed by atoms with Crippen LogP contribution in [0.2, 0.25) is 39.3 Å². The fourth-order valence-electron chi connectivity index (χ4n) is 14.0. The first-order chi connectivity index (χ1) is 34.4. The molecule has 0 bridgehead atoms. The zero-order valence-corrected chi connectivity index (χ0v) is 51.4. The van der Waals surface area contributed by atoms with Crippen LogP contribution in [0.15, 0.2) is 24.3 Å². The molecule has 4 saturated carbocycles. The Hall–Kier alpha value is -1.17. The van der Waals surface area contributed by atoms with E-state index in [4.69, 9.17) is 32.1 Å². The minimum atomic E-state index is -5.90. The normalized spacial score (nSPS) is 27.1. The molecular formula is C55H90Cl2F12O6Si2. The molecule has 8 atom stereocenters. The third-order valence-corrected chi connectivity index (χ3v) is 19.2. The minimum absolute atomic E-state index is 0.000922. The molecule has 0 amide bonds. The molecule has 0 radical (unpaired) electrons. The molecule has 452 valence electrons. The van der Waals surface area contributed by atoms with Crippen molar-refractivity contribution in [3.63, 3.8) is 0 Å². The Labute approximate surface area is 463 Å². The molecule has 0 saturated heterocycles. The number of carbonyl (C=O) groups excluding carboxylic acids is 2. The van der Waals surface area contributed by atoms with Gasteiger partial charge in [0.05, 0.1) is 16.5 Å². The molecule has 22 heteroatoms. The molecule has 0 aliphatic heterocycles. The highest BCUT2D eigenvalue weighted by Gasteiger charge is 2.72. The summed E-state index contributed by atoms with van der Waals surface area (Å²) in [5.74, 6) is 0.103. The number of allylic oxidation sites excluding steroid dienone is 2. The van der Waals surface area contributed by atoms with Gasteiger partial charge in [0.15, 0.2) is 16.6 Å². The van der Waals surface area contributed by atoms with E-state index >= 15 is 0 Å². The van der Waals surface area contributed by atoms with Gasteiger partial charge in [0.2, 0.25) is 0 Å². The lowest BCUT2D eigenvalue weighted by molar-refractivity contribution is -0.347. The largest absolute Gasteiger partial charge is 0.429 e. The molecule has 2 N–H and O–H groups in total. The predicted octanol–water partition coefficient (Wildman–Crippen LogP) is 18.2. The first-order valence-corrected chi connectivity index (χ1v) is 34.9. The number of alkyl halides is 14. The summed E-state index contributed by atoms with van der Waals surface area (Å²) < 4.78 is 175. The van der Waals surface area contributed by atoms with Crippen molar-refractivity contribution in [2.45, 2.75) is 257 Å². The van der Waals surface area contributed by atoms with Crippen molar-refractivity contribution in [3.05, 3.63) is 24.3 Å². The summed E-state index contributed by atoms with van der Waals surface area (Å²) in [5.41, 5.74) is -12.6. The average molecular weight is 1200 g/mol. The van der Waals surface area contributed by atoms with E-state index in [0.29, 0.717) is 57.8 Å². The van der Waals surface area contributed by atoms with Gasteiger partial charge < -0.3 is 19.1 Å². The van der Waals surface area contributed by atoms with Gasteiger partial charge in [0, 0.05) is 24.7 Å². The number of carbonyl (C=O) groups is 2. The summed E-state index contributed by atoms with van der Waals surface area (Å²) >= 11 is 9.53. The van der Waals surface area contributed by atoms with Gasteiger partial charge in [-0.3, -0.25) is 9.59 Å². The van der Waals surface area contributed by atoms with E-state index in [1.54, 1.807) is 13.8 Å². The standard InChI is InChI=1S/C30H52F6O3Si2.C24H36F6O3.CH2Cl2/c1-25(2,38-40(5,6)7)17-12-18-26(3,24-16-15-22-23(37)14-11-20-27(22,24)4)19-13-21-28(29(31,32)33,30(34,35)36)39-41(8,9)10;1-19(2,32)11-6-12-20(3,13-7-15-22(33,23(25,26)27)24(28,29)30)18-10-9-16-17(31)8-5-14-21(16,18)4;2-1-3/h13,21-22,24H,11-12,14-20H2,1-10H3;7,15-16,18,32-33H,5-6,8-14H2,1-4H3;1H2/b21-13+;15-7+;/t22?,24-,26-,27+;16?,18-,20-,21+;/m11./s1. The van der Waals surface area contributed by atoms with Crippen LogP contribution in [0.4, 0.5) is 52.7 Å². The maximum atomic E-state index is 14.2. The number of Topliss-reactive ketones (excluding diaryl/α,β-unsaturated/α-hetero) is 2. The molecule has 4 aliphatic rings. The van der Waals surface area contributed by atoms with Gasteiger partial charge in [-0.2, -0.15) is 52.7 Å². The molecule has 0 aromatic heterocycles. The zero-order chi connectivity index (χ0) is 60.1. The maximum Gasteiger partial charge on any atom is 0.429 e. The predicted molar refractivity (Wildman–Crippen MR) is 286 cm³/mol. The molecule has 0 heterocycles. The van der Waals surface area contributed by atoms with Crippen LogP contribution < -0.4 is 0 Å². The Bertz CT molecular complexity index is 1960. The number of ketones is 2. The van der Waals surface area contributed by atoms with Gasteiger partial charge in [0.25, 0.3) is 11.2 Å². The zero-order valence-electron chi connectivity index (χ0n) is 47.9. The van der Waals surface area contributed by atoms with Gasteiger partial charge >= 0.3 is 24.7 Å². The number of fused-ring (bicyclic) bond motifs is 2. The highest BCUT2D eigenvalue weighted by molar-refractivity contribution is 6.70. The summed E-state index contributed by atoms with van der Waals surface area (Å²) in [6, 6.07) is 0. The van der Waals surface area contributed by atoms with Crippen molar-refractivity contribution in [1.82, 2.24) is 0 Å². The lowest BCUT2D eigenvalue weighted by Crippen LogP contribution is -2.61. The van der Waals surface area contributed by atoms with Crippen molar-refractivity contribution in [2.24, 2.45) is 45.3 Å². The van der Waals surface area contributed by atoms with Crippen molar-refractivity contribution < 1.29 is 81.3 Å². The number of hydrogen-bond donors (Lipinski definition) is 2. The van der Waals surface area contributed by atoms with E-state index in [-0.39, 0.29) is 76.4 Å². The van der Waals surface area contributed by atoms with Crippen LogP contribution in [0.3, 0.4) is 0 Å². The van der Waals surface area contributed by atoms with E-state index in [9.17, 15) is 72.5 Å². The molecule has 6 nitrogen and oxygen atoms in total. The molecule has 77 heavy (non-hydrogen) atoms. The van der Waals surface area contributed by atoms with Gasteiger partial charge in [-0.05, 0) is 203 Å². The smallest absolute Gasteiger partial charge is 0.413 e. The fraction of sp³-hybridized carbons (Fsp3) is 0.891. The van der Waals surface area contributed by atoms with Crippen LogP contribution in [0.5, 0.6) is 0 Å². The average Bonchev–Trinajstić information content (AvgIpc) is 3.76. The van der Waals surface area contributed by atoms with Crippen LogP contribution in [-0.2, 0) is 18.4 Å². The van der Waals surface area contributed by atoms with E-state index in [1.165, 1.54) is 19.6 Å². The Kier molecular flexibility index (Phi) is 24.1. The third kappa shape index (κ3) is 18.4.